The summed E-state index contributed by atoms with van der Waals surface area (Å²) in [6.45, 7) is 3.71. The molecule has 0 spiro atoms. The standard InChI is InChI=1S/C36H48N2O3/c1-40-34-18-19-35(31-13-12-30-24-32(39)15-14-29(30)23-31)36(25-34)38-20-6-5-7-27-10-16-33(17-11-27)41-22-21-37-26-28-8-3-2-4-9-28/h10-11,14-19,24-25,28,31,37-39H,2-9,12-13,20-23,26H2,1H3. The third kappa shape index (κ3) is 8.65. The highest BCUT2D eigenvalue weighted by atomic mass is 16.5. The van der Waals surface area contributed by atoms with Crippen LogP contribution in [0.1, 0.15) is 79.5 Å². The van der Waals surface area contributed by atoms with Crippen molar-refractivity contribution in [1.29, 1.82) is 0 Å². The molecular formula is C36H48N2O3. The van der Waals surface area contributed by atoms with Crippen LogP contribution < -0.4 is 20.1 Å². The number of benzene rings is 3. The summed E-state index contributed by atoms with van der Waals surface area (Å²) in [7, 11) is 1.73. The fourth-order valence-electron chi connectivity index (χ4n) is 6.55. The number of unbranched alkanes of at least 4 members (excludes halogenated alkanes) is 1. The number of fused-ring (bicyclic) bond motifs is 1. The summed E-state index contributed by atoms with van der Waals surface area (Å²) >= 11 is 0. The number of aryl methyl sites for hydroxylation is 2. The zero-order chi connectivity index (χ0) is 28.3. The molecule has 0 aromatic heterocycles. The topological polar surface area (TPSA) is 62.8 Å². The summed E-state index contributed by atoms with van der Waals surface area (Å²) in [6.07, 6.45) is 13.4. The van der Waals surface area contributed by atoms with Crippen LogP contribution >= 0.6 is 0 Å². The van der Waals surface area contributed by atoms with E-state index in [1.54, 1.807) is 7.11 Å². The highest BCUT2D eigenvalue weighted by molar-refractivity contribution is 5.57. The van der Waals surface area contributed by atoms with Gasteiger partial charge in [0.2, 0.25) is 0 Å². The van der Waals surface area contributed by atoms with Crippen molar-refractivity contribution in [2.75, 3.05) is 38.7 Å². The molecule has 1 unspecified atom stereocenters. The molecule has 0 amide bonds. The molecule has 3 aromatic carbocycles. The number of phenols is 1. The quantitative estimate of drug-likeness (QED) is 0.178. The van der Waals surface area contributed by atoms with E-state index in [1.807, 2.05) is 12.1 Å². The maximum Gasteiger partial charge on any atom is 0.120 e. The summed E-state index contributed by atoms with van der Waals surface area (Å²) in [5.74, 6) is 3.55. The molecule has 5 rings (SSSR count). The second-order valence-electron chi connectivity index (χ2n) is 11.9. The summed E-state index contributed by atoms with van der Waals surface area (Å²) in [6, 6.07) is 20.9. The Morgan fingerprint density at radius 3 is 2.49 bits per heavy atom. The van der Waals surface area contributed by atoms with Crippen LogP contribution in [0, 0.1) is 5.92 Å². The Hall–Kier alpha value is -3.18. The van der Waals surface area contributed by atoms with Crippen LogP contribution in [-0.2, 0) is 19.3 Å². The van der Waals surface area contributed by atoms with E-state index in [4.69, 9.17) is 9.47 Å². The average Bonchev–Trinajstić information content (AvgIpc) is 3.01. The number of methoxy groups -OCH3 is 1. The number of ether oxygens (including phenoxy) is 2. The molecule has 3 aromatic rings. The lowest BCUT2D eigenvalue weighted by Gasteiger charge is -2.27. The Kier molecular flexibility index (Phi) is 10.8. The van der Waals surface area contributed by atoms with Gasteiger partial charge in [0.1, 0.15) is 23.9 Å². The number of hydrogen-bond donors (Lipinski definition) is 3. The molecule has 2 aliphatic rings. The van der Waals surface area contributed by atoms with Crippen molar-refractivity contribution >= 4 is 5.69 Å². The van der Waals surface area contributed by atoms with E-state index in [0.29, 0.717) is 11.7 Å². The summed E-state index contributed by atoms with van der Waals surface area (Å²) < 4.78 is 11.5. The molecule has 0 radical (unpaired) electrons. The normalized spacial score (nSPS) is 17.1. The van der Waals surface area contributed by atoms with Crippen molar-refractivity contribution in [2.24, 2.45) is 5.92 Å². The molecule has 0 saturated heterocycles. The minimum atomic E-state index is 0.367. The smallest absolute Gasteiger partial charge is 0.120 e. The average molecular weight is 557 g/mol. The van der Waals surface area contributed by atoms with Crippen LogP contribution in [0.3, 0.4) is 0 Å². The Bertz CT molecular complexity index is 1220. The van der Waals surface area contributed by atoms with Gasteiger partial charge in [0.25, 0.3) is 0 Å². The van der Waals surface area contributed by atoms with Crippen LogP contribution in [-0.4, -0.2) is 38.5 Å². The fourth-order valence-corrected chi connectivity index (χ4v) is 6.55. The predicted octanol–water partition coefficient (Wildman–Crippen LogP) is 7.66. The molecule has 5 nitrogen and oxygen atoms in total. The number of aromatic hydroxyl groups is 1. The first-order chi connectivity index (χ1) is 20.2. The minimum absolute atomic E-state index is 0.367. The van der Waals surface area contributed by atoms with E-state index in [9.17, 15) is 5.11 Å². The Morgan fingerprint density at radius 1 is 0.829 bits per heavy atom. The lowest BCUT2D eigenvalue weighted by molar-refractivity contribution is 0.294. The SMILES string of the molecule is COc1ccc(C2CCc3cc(O)ccc3C2)c(NCCCCc2ccc(OCCNCC3CCCCC3)cc2)c1. The van der Waals surface area contributed by atoms with Gasteiger partial charge in [-0.25, -0.2) is 0 Å². The molecule has 220 valence electrons. The molecule has 1 fully saturated rings. The number of phenolic OH excluding ortho intramolecular Hbond substituents is 1. The van der Waals surface area contributed by atoms with Gasteiger partial charge in [-0.05, 0) is 122 Å². The van der Waals surface area contributed by atoms with Crippen LogP contribution in [0.4, 0.5) is 5.69 Å². The van der Waals surface area contributed by atoms with Gasteiger partial charge in [-0.3, -0.25) is 0 Å². The van der Waals surface area contributed by atoms with Gasteiger partial charge in [0.15, 0.2) is 0 Å². The van der Waals surface area contributed by atoms with Crippen LogP contribution in [0.2, 0.25) is 0 Å². The third-order valence-corrected chi connectivity index (χ3v) is 8.95. The van der Waals surface area contributed by atoms with E-state index < -0.39 is 0 Å². The van der Waals surface area contributed by atoms with Gasteiger partial charge in [-0.2, -0.15) is 0 Å². The predicted molar refractivity (Wildman–Crippen MR) is 169 cm³/mol. The highest BCUT2D eigenvalue weighted by Crippen LogP contribution is 2.38. The highest BCUT2D eigenvalue weighted by Gasteiger charge is 2.23. The van der Waals surface area contributed by atoms with E-state index in [0.717, 1.165) is 82.2 Å². The van der Waals surface area contributed by atoms with E-state index in [2.05, 4.69) is 59.2 Å². The van der Waals surface area contributed by atoms with Crippen molar-refractivity contribution in [3.05, 3.63) is 82.9 Å². The molecule has 41 heavy (non-hydrogen) atoms. The molecular weight excluding hydrogens is 508 g/mol. The van der Waals surface area contributed by atoms with Crippen molar-refractivity contribution in [2.45, 2.75) is 76.5 Å². The van der Waals surface area contributed by atoms with E-state index in [1.165, 1.54) is 60.0 Å². The molecule has 0 aliphatic heterocycles. The molecule has 0 bridgehead atoms. The first kappa shape index (κ1) is 29.3. The monoisotopic (exact) mass is 556 g/mol. The van der Waals surface area contributed by atoms with Gasteiger partial charge in [0.05, 0.1) is 7.11 Å². The van der Waals surface area contributed by atoms with Crippen molar-refractivity contribution in [3.8, 4) is 17.2 Å². The van der Waals surface area contributed by atoms with Crippen LogP contribution in [0.15, 0.2) is 60.7 Å². The summed E-state index contributed by atoms with van der Waals surface area (Å²) in [5, 5.41) is 17.1. The molecule has 2 aliphatic carbocycles. The number of hydrogen-bond acceptors (Lipinski definition) is 5. The maximum atomic E-state index is 9.85. The summed E-state index contributed by atoms with van der Waals surface area (Å²) in [5.41, 5.74) is 6.55. The first-order valence-corrected chi connectivity index (χ1v) is 15.8. The van der Waals surface area contributed by atoms with Crippen molar-refractivity contribution < 1.29 is 14.6 Å². The number of rotatable bonds is 14. The Balaban J connectivity index is 1.03. The van der Waals surface area contributed by atoms with Gasteiger partial charge in [-0.15, -0.1) is 0 Å². The molecule has 5 heteroatoms. The zero-order valence-electron chi connectivity index (χ0n) is 24.8. The lowest BCUT2D eigenvalue weighted by atomic mass is 9.79. The Morgan fingerprint density at radius 2 is 1.66 bits per heavy atom. The second-order valence-corrected chi connectivity index (χ2v) is 11.9. The largest absolute Gasteiger partial charge is 0.508 e. The van der Waals surface area contributed by atoms with Gasteiger partial charge >= 0.3 is 0 Å². The van der Waals surface area contributed by atoms with Gasteiger partial charge in [0, 0.05) is 24.8 Å². The molecule has 1 atom stereocenters. The zero-order valence-corrected chi connectivity index (χ0v) is 24.8. The first-order valence-electron chi connectivity index (χ1n) is 15.8. The molecule has 0 heterocycles. The fraction of sp³-hybridized carbons (Fsp3) is 0.500. The summed E-state index contributed by atoms with van der Waals surface area (Å²) in [4.78, 5) is 0. The second kappa shape index (κ2) is 15.2. The van der Waals surface area contributed by atoms with Crippen LogP contribution in [0.5, 0.6) is 17.2 Å². The number of anilines is 1. The Labute approximate surface area is 246 Å². The van der Waals surface area contributed by atoms with E-state index >= 15 is 0 Å². The number of nitrogens with one attached hydrogen (secondary N) is 2. The van der Waals surface area contributed by atoms with Crippen molar-refractivity contribution in [3.63, 3.8) is 0 Å². The van der Waals surface area contributed by atoms with Gasteiger partial charge < -0.3 is 25.2 Å². The van der Waals surface area contributed by atoms with Crippen LogP contribution in [0.25, 0.3) is 0 Å². The van der Waals surface area contributed by atoms with E-state index in [-0.39, 0.29) is 0 Å². The molecule has 3 N–H and O–H groups in total. The minimum Gasteiger partial charge on any atom is -0.508 e. The van der Waals surface area contributed by atoms with Crippen molar-refractivity contribution in [1.82, 2.24) is 5.32 Å². The maximum absolute atomic E-state index is 9.85. The van der Waals surface area contributed by atoms with Gasteiger partial charge in [-0.1, -0.05) is 43.5 Å². The third-order valence-electron chi connectivity index (χ3n) is 8.95. The lowest BCUT2D eigenvalue weighted by Crippen LogP contribution is -2.28. The molecule has 1 saturated carbocycles.